The summed E-state index contributed by atoms with van der Waals surface area (Å²) < 4.78 is 0. The van der Waals surface area contributed by atoms with Crippen molar-refractivity contribution in [1.29, 1.82) is 0 Å². The van der Waals surface area contributed by atoms with Crippen LogP contribution >= 0.6 is 0 Å². The Kier molecular flexibility index (Phi) is 2.10. The fraction of sp³-hybridized carbons (Fsp3) is 0.0556. The quantitative estimate of drug-likeness (QED) is 0.318. The highest BCUT2D eigenvalue weighted by molar-refractivity contribution is 6.09. The van der Waals surface area contributed by atoms with Crippen molar-refractivity contribution in [2.24, 2.45) is 0 Å². The molecule has 0 aliphatic heterocycles. The lowest BCUT2D eigenvalue weighted by atomic mass is 10.0. The highest BCUT2D eigenvalue weighted by Crippen LogP contribution is 2.29. The Morgan fingerprint density at radius 3 is 2.37 bits per heavy atom. The highest BCUT2D eigenvalue weighted by atomic mass is 14.7. The number of rotatable bonds is 0. The van der Waals surface area contributed by atoms with Crippen LogP contribution in [0, 0.1) is 6.92 Å². The lowest BCUT2D eigenvalue weighted by Crippen LogP contribution is -1.87. The largest absolute Gasteiger partial charge is 0.247 e. The van der Waals surface area contributed by atoms with Gasteiger partial charge in [-0.15, -0.1) is 0 Å². The van der Waals surface area contributed by atoms with Gasteiger partial charge in [-0.1, -0.05) is 48.5 Å². The first-order valence-electron chi connectivity index (χ1n) is 6.51. The van der Waals surface area contributed by atoms with E-state index in [1.54, 1.807) is 0 Å². The minimum atomic E-state index is 1.06. The molecular weight excluding hydrogens is 230 g/mol. The number of benzene rings is 3. The van der Waals surface area contributed by atoms with Gasteiger partial charge in [0.25, 0.3) is 0 Å². The third-order valence-corrected chi connectivity index (χ3v) is 3.74. The number of para-hydroxylation sites is 1. The summed E-state index contributed by atoms with van der Waals surface area (Å²) in [7, 11) is 0. The van der Waals surface area contributed by atoms with E-state index in [1.165, 1.54) is 27.1 Å². The normalized spacial score (nSPS) is 11.4. The Labute approximate surface area is 111 Å². The molecule has 0 fully saturated rings. The lowest BCUT2D eigenvalue weighted by molar-refractivity contribution is 1.48. The molecule has 1 nitrogen and oxygen atoms in total. The summed E-state index contributed by atoms with van der Waals surface area (Å²) in [6.45, 7) is 2.16. The van der Waals surface area contributed by atoms with Crippen LogP contribution in [0.5, 0.6) is 0 Å². The van der Waals surface area contributed by atoms with Gasteiger partial charge in [0.2, 0.25) is 0 Å². The molecule has 0 saturated heterocycles. The Balaban J connectivity index is 2.30. The van der Waals surface area contributed by atoms with Crippen LogP contribution in [0.2, 0.25) is 0 Å². The number of aryl methyl sites for hydroxylation is 1. The van der Waals surface area contributed by atoms with E-state index in [-0.39, 0.29) is 0 Å². The Morgan fingerprint density at radius 1 is 0.737 bits per heavy atom. The maximum atomic E-state index is 4.87. The summed E-state index contributed by atoms with van der Waals surface area (Å²) in [5.41, 5.74) is 3.45. The van der Waals surface area contributed by atoms with Crippen molar-refractivity contribution in [3.05, 3.63) is 66.2 Å². The van der Waals surface area contributed by atoms with Crippen molar-refractivity contribution in [3.8, 4) is 0 Å². The van der Waals surface area contributed by atoms with Crippen LogP contribution in [-0.2, 0) is 0 Å². The number of aromatic nitrogens is 1. The molecule has 4 aromatic rings. The Bertz CT molecular complexity index is 922. The minimum Gasteiger partial charge on any atom is -0.247 e. The zero-order valence-corrected chi connectivity index (χ0v) is 10.7. The molecule has 0 unspecified atom stereocenters. The van der Waals surface area contributed by atoms with E-state index in [0.29, 0.717) is 0 Å². The molecule has 0 N–H and O–H groups in total. The lowest BCUT2D eigenvalue weighted by Gasteiger charge is -2.08. The third-order valence-electron chi connectivity index (χ3n) is 3.74. The predicted molar refractivity (Wildman–Crippen MR) is 81.5 cm³/mol. The molecule has 0 aliphatic carbocycles. The number of fused-ring (bicyclic) bond motifs is 4. The van der Waals surface area contributed by atoms with Crippen LogP contribution in [0.3, 0.4) is 0 Å². The first kappa shape index (κ1) is 10.5. The van der Waals surface area contributed by atoms with Gasteiger partial charge in [-0.25, -0.2) is 4.98 Å². The molecule has 1 heterocycles. The van der Waals surface area contributed by atoms with Crippen molar-refractivity contribution in [3.63, 3.8) is 0 Å². The van der Waals surface area contributed by atoms with Crippen molar-refractivity contribution in [1.82, 2.24) is 4.98 Å². The molecule has 0 spiro atoms. The van der Waals surface area contributed by atoms with Crippen LogP contribution in [0.4, 0.5) is 0 Å². The summed E-state index contributed by atoms with van der Waals surface area (Å²) in [4.78, 5) is 4.87. The summed E-state index contributed by atoms with van der Waals surface area (Å²) in [5.74, 6) is 0. The van der Waals surface area contributed by atoms with E-state index in [1.807, 2.05) is 6.07 Å². The summed E-state index contributed by atoms with van der Waals surface area (Å²) in [6.07, 6.45) is 0. The van der Waals surface area contributed by atoms with Gasteiger partial charge in [0, 0.05) is 16.2 Å². The van der Waals surface area contributed by atoms with Gasteiger partial charge in [-0.05, 0) is 30.0 Å². The number of hydrogen-bond acceptors (Lipinski definition) is 1. The van der Waals surface area contributed by atoms with Crippen LogP contribution in [0.15, 0.2) is 60.7 Å². The molecule has 19 heavy (non-hydrogen) atoms. The van der Waals surface area contributed by atoms with Gasteiger partial charge < -0.3 is 0 Å². The average molecular weight is 243 g/mol. The molecule has 90 valence electrons. The molecule has 3 aromatic carbocycles. The van der Waals surface area contributed by atoms with Gasteiger partial charge >= 0.3 is 0 Å². The topological polar surface area (TPSA) is 12.9 Å². The third kappa shape index (κ3) is 1.52. The molecule has 1 heteroatoms. The van der Waals surface area contributed by atoms with Crippen molar-refractivity contribution in [2.45, 2.75) is 6.92 Å². The van der Waals surface area contributed by atoms with Gasteiger partial charge in [0.15, 0.2) is 0 Å². The van der Waals surface area contributed by atoms with E-state index < -0.39 is 0 Å². The maximum absolute atomic E-state index is 4.87. The minimum absolute atomic E-state index is 1.06. The Hall–Kier alpha value is -2.41. The van der Waals surface area contributed by atoms with Crippen LogP contribution < -0.4 is 0 Å². The second kappa shape index (κ2) is 3.79. The van der Waals surface area contributed by atoms with Crippen LogP contribution in [0.1, 0.15) is 5.56 Å². The van der Waals surface area contributed by atoms with Gasteiger partial charge in [0.05, 0.1) is 11.0 Å². The SMILES string of the molecule is Cc1cc2ccccc2c2nc3ccccc3cc12. The van der Waals surface area contributed by atoms with Gasteiger partial charge in [-0.2, -0.15) is 0 Å². The predicted octanol–water partition coefficient (Wildman–Crippen LogP) is 4.85. The zero-order valence-electron chi connectivity index (χ0n) is 10.7. The number of hydrogen-bond donors (Lipinski definition) is 0. The van der Waals surface area contributed by atoms with Gasteiger partial charge in [0.1, 0.15) is 0 Å². The Morgan fingerprint density at radius 2 is 1.47 bits per heavy atom. The summed E-state index contributed by atoms with van der Waals surface area (Å²) in [6, 6.07) is 21.3. The van der Waals surface area contributed by atoms with Crippen molar-refractivity contribution >= 4 is 32.6 Å². The number of nitrogens with zero attached hydrogens (tertiary/aromatic N) is 1. The molecule has 4 rings (SSSR count). The number of pyridine rings is 1. The molecule has 0 atom stereocenters. The maximum Gasteiger partial charge on any atom is 0.0790 e. The second-order valence-electron chi connectivity index (χ2n) is 4.99. The fourth-order valence-corrected chi connectivity index (χ4v) is 2.77. The average Bonchev–Trinajstić information content (AvgIpc) is 2.46. The fourth-order valence-electron chi connectivity index (χ4n) is 2.77. The molecule has 0 saturated carbocycles. The molecule has 0 amide bonds. The van der Waals surface area contributed by atoms with Crippen molar-refractivity contribution in [2.75, 3.05) is 0 Å². The van der Waals surface area contributed by atoms with E-state index in [0.717, 1.165) is 11.0 Å². The van der Waals surface area contributed by atoms with Crippen LogP contribution in [-0.4, -0.2) is 4.98 Å². The first-order chi connectivity index (χ1) is 9.33. The van der Waals surface area contributed by atoms with E-state index in [9.17, 15) is 0 Å². The summed E-state index contributed by atoms with van der Waals surface area (Å²) >= 11 is 0. The van der Waals surface area contributed by atoms with E-state index >= 15 is 0 Å². The molecule has 0 bridgehead atoms. The van der Waals surface area contributed by atoms with Crippen LogP contribution in [0.25, 0.3) is 32.6 Å². The van der Waals surface area contributed by atoms with Crippen molar-refractivity contribution < 1.29 is 0 Å². The van der Waals surface area contributed by atoms with Gasteiger partial charge in [-0.3, -0.25) is 0 Å². The van der Waals surface area contributed by atoms with E-state index in [4.69, 9.17) is 4.98 Å². The monoisotopic (exact) mass is 243 g/mol. The second-order valence-corrected chi connectivity index (χ2v) is 4.99. The first-order valence-corrected chi connectivity index (χ1v) is 6.51. The van der Waals surface area contributed by atoms with E-state index in [2.05, 4.69) is 61.5 Å². The molecule has 0 aliphatic rings. The smallest absolute Gasteiger partial charge is 0.0790 e. The molecule has 1 aromatic heterocycles. The summed E-state index contributed by atoms with van der Waals surface area (Å²) in [5, 5.41) is 4.94. The standard InChI is InChI=1S/C18H13N/c1-12-10-13-6-2-4-8-15(13)18-16(12)11-14-7-3-5-9-17(14)19-18/h2-11H,1H3. The molecular formula is C18H13N. The molecule has 0 radical (unpaired) electrons. The highest BCUT2D eigenvalue weighted by Gasteiger charge is 2.06. The zero-order chi connectivity index (χ0) is 12.8.